The smallest absolute Gasteiger partial charge is 0.338 e. The van der Waals surface area contributed by atoms with Gasteiger partial charge in [-0.1, -0.05) is 29.3 Å². The lowest BCUT2D eigenvalue weighted by Gasteiger charge is -2.16. The van der Waals surface area contributed by atoms with Gasteiger partial charge in [0.25, 0.3) is 5.91 Å². The van der Waals surface area contributed by atoms with Crippen molar-refractivity contribution in [1.82, 2.24) is 5.32 Å². The largest absolute Gasteiger partial charge is 0.452 e. The fourth-order valence-corrected chi connectivity index (χ4v) is 2.59. The lowest BCUT2D eigenvalue weighted by molar-refractivity contribution is -0.124. The van der Waals surface area contributed by atoms with E-state index in [2.05, 4.69) is 5.32 Å². The minimum Gasteiger partial charge on any atom is -0.452 e. The van der Waals surface area contributed by atoms with Gasteiger partial charge in [0.15, 0.2) is 6.61 Å². The summed E-state index contributed by atoms with van der Waals surface area (Å²) in [5.74, 6) is -1.65. The first-order valence-electron chi connectivity index (χ1n) is 7.04. The Morgan fingerprint density at radius 3 is 2.46 bits per heavy atom. The summed E-state index contributed by atoms with van der Waals surface area (Å²) in [5.41, 5.74) is 0.859. The molecule has 0 saturated carbocycles. The predicted octanol–water partition coefficient (Wildman–Crippen LogP) is 4.17. The number of rotatable bonds is 5. The van der Waals surface area contributed by atoms with Crippen molar-refractivity contribution in [2.24, 2.45) is 0 Å². The molecule has 0 radical (unpaired) electrons. The first kappa shape index (κ1) is 18.2. The molecule has 1 N–H and O–H groups in total. The van der Waals surface area contributed by atoms with Crippen LogP contribution in [0.25, 0.3) is 0 Å². The monoisotopic (exact) mass is 369 g/mol. The van der Waals surface area contributed by atoms with Crippen molar-refractivity contribution >= 4 is 35.1 Å². The minimum absolute atomic E-state index is 0.165. The van der Waals surface area contributed by atoms with Crippen molar-refractivity contribution in [3.05, 3.63) is 69.5 Å². The van der Waals surface area contributed by atoms with E-state index in [1.165, 1.54) is 12.1 Å². The number of ether oxygens (including phenoxy) is 1. The molecule has 0 fully saturated rings. The molecular weight excluding hydrogens is 356 g/mol. The maximum absolute atomic E-state index is 12.8. The third-order valence-corrected chi connectivity index (χ3v) is 3.78. The Hall–Kier alpha value is -2.11. The SMILES string of the molecule is C[C@@H](NC(=O)COC(=O)c1ccc(F)cc1)c1ccc(Cl)cc1Cl. The van der Waals surface area contributed by atoms with Gasteiger partial charge in [0.05, 0.1) is 11.6 Å². The van der Waals surface area contributed by atoms with Crippen molar-refractivity contribution in [3.8, 4) is 0 Å². The average Bonchev–Trinajstić information content (AvgIpc) is 2.53. The van der Waals surface area contributed by atoms with Gasteiger partial charge in [0.2, 0.25) is 0 Å². The van der Waals surface area contributed by atoms with Gasteiger partial charge in [0.1, 0.15) is 5.82 Å². The zero-order valence-corrected chi connectivity index (χ0v) is 14.2. The first-order valence-corrected chi connectivity index (χ1v) is 7.79. The quantitative estimate of drug-likeness (QED) is 0.804. The van der Waals surface area contributed by atoms with Gasteiger partial charge in [-0.3, -0.25) is 4.79 Å². The third-order valence-electron chi connectivity index (χ3n) is 3.22. The molecule has 2 aromatic rings. The standard InChI is InChI=1S/C17H14Cl2FNO3/c1-10(14-7-4-12(18)8-15(14)19)21-16(22)9-24-17(23)11-2-5-13(20)6-3-11/h2-8,10H,9H2,1H3,(H,21,22)/t10-/m1/s1. The van der Waals surface area contributed by atoms with Gasteiger partial charge < -0.3 is 10.1 Å². The van der Waals surface area contributed by atoms with Gasteiger partial charge in [-0.15, -0.1) is 0 Å². The Balaban J connectivity index is 1.88. The van der Waals surface area contributed by atoms with Crippen LogP contribution in [-0.2, 0) is 9.53 Å². The van der Waals surface area contributed by atoms with Crippen molar-refractivity contribution < 1.29 is 18.7 Å². The third kappa shape index (κ3) is 4.94. The maximum Gasteiger partial charge on any atom is 0.338 e. The van der Waals surface area contributed by atoms with Crippen molar-refractivity contribution in [3.63, 3.8) is 0 Å². The van der Waals surface area contributed by atoms with Crippen LogP contribution >= 0.6 is 23.2 Å². The number of hydrogen-bond acceptors (Lipinski definition) is 3. The van der Waals surface area contributed by atoms with Crippen LogP contribution in [0.5, 0.6) is 0 Å². The van der Waals surface area contributed by atoms with Crippen LogP contribution in [0.15, 0.2) is 42.5 Å². The number of esters is 1. The van der Waals surface area contributed by atoms with Crippen LogP contribution < -0.4 is 5.32 Å². The molecule has 0 aliphatic heterocycles. The van der Waals surface area contributed by atoms with Crippen LogP contribution in [0, 0.1) is 5.82 Å². The van der Waals surface area contributed by atoms with Gasteiger partial charge in [0, 0.05) is 10.0 Å². The van der Waals surface area contributed by atoms with Crippen LogP contribution in [0.4, 0.5) is 4.39 Å². The summed E-state index contributed by atoms with van der Waals surface area (Å²) in [6, 6.07) is 9.42. The number of carbonyl (C=O) groups is 2. The highest BCUT2D eigenvalue weighted by Crippen LogP contribution is 2.25. The van der Waals surface area contributed by atoms with E-state index in [4.69, 9.17) is 27.9 Å². The topological polar surface area (TPSA) is 55.4 Å². The molecule has 0 spiro atoms. The molecule has 0 saturated heterocycles. The van der Waals surface area contributed by atoms with E-state index in [1.54, 1.807) is 25.1 Å². The average molecular weight is 370 g/mol. The molecule has 1 amide bonds. The van der Waals surface area contributed by atoms with Crippen LogP contribution in [0.1, 0.15) is 28.9 Å². The minimum atomic E-state index is -0.706. The van der Waals surface area contributed by atoms with Crippen LogP contribution in [0.2, 0.25) is 10.0 Å². The molecule has 1 atom stereocenters. The van der Waals surface area contributed by atoms with Crippen LogP contribution in [-0.4, -0.2) is 18.5 Å². The number of benzene rings is 2. The van der Waals surface area contributed by atoms with Gasteiger partial charge in [-0.05, 0) is 48.9 Å². The first-order chi connectivity index (χ1) is 11.4. The van der Waals surface area contributed by atoms with Gasteiger partial charge in [-0.25, -0.2) is 9.18 Å². The highest BCUT2D eigenvalue weighted by atomic mass is 35.5. The zero-order chi connectivity index (χ0) is 17.7. The van der Waals surface area contributed by atoms with E-state index in [0.29, 0.717) is 15.6 Å². The molecule has 4 nitrogen and oxygen atoms in total. The molecule has 0 aliphatic carbocycles. The second-order valence-corrected chi connectivity index (χ2v) is 5.88. The molecule has 126 valence electrons. The van der Waals surface area contributed by atoms with Crippen molar-refractivity contribution in [2.45, 2.75) is 13.0 Å². The fraction of sp³-hybridized carbons (Fsp3) is 0.176. The summed E-state index contributed by atoms with van der Waals surface area (Å²) in [6.07, 6.45) is 0. The predicted molar refractivity (Wildman–Crippen MR) is 89.7 cm³/mol. The van der Waals surface area contributed by atoms with Crippen molar-refractivity contribution in [2.75, 3.05) is 6.61 Å². The Morgan fingerprint density at radius 1 is 1.17 bits per heavy atom. The molecule has 0 heterocycles. The number of carbonyl (C=O) groups excluding carboxylic acids is 2. The number of nitrogens with one attached hydrogen (secondary N) is 1. The van der Waals surface area contributed by atoms with Crippen LogP contribution in [0.3, 0.4) is 0 Å². The second kappa shape index (κ2) is 8.13. The van der Waals surface area contributed by atoms with Crippen molar-refractivity contribution in [1.29, 1.82) is 0 Å². The highest BCUT2D eigenvalue weighted by molar-refractivity contribution is 6.35. The second-order valence-electron chi connectivity index (χ2n) is 5.04. The van der Waals surface area contributed by atoms with E-state index in [1.807, 2.05) is 0 Å². The Kier molecular flexibility index (Phi) is 6.17. The van der Waals surface area contributed by atoms with E-state index in [-0.39, 0.29) is 11.6 Å². The Morgan fingerprint density at radius 2 is 1.83 bits per heavy atom. The summed E-state index contributed by atoms with van der Waals surface area (Å²) in [5, 5.41) is 3.59. The molecule has 0 bridgehead atoms. The molecular formula is C17H14Cl2FNO3. The molecule has 2 rings (SSSR count). The molecule has 2 aromatic carbocycles. The fourth-order valence-electron chi connectivity index (χ4n) is 2.01. The lowest BCUT2D eigenvalue weighted by Crippen LogP contribution is -2.31. The Labute approximate surface area is 148 Å². The molecule has 7 heteroatoms. The van der Waals surface area contributed by atoms with E-state index < -0.39 is 24.3 Å². The molecule has 0 aliphatic rings. The molecule has 0 aromatic heterocycles. The number of hydrogen-bond donors (Lipinski definition) is 1. The molecule has 0 unspecified atom stereocenters. The summed E-state index contributed by atoms with van der Waals surface area (Å²) >= 11 is 11.9. The maximum atomic E-state index is 12.8. The van der Waals surface area contributed by atoms with E-state index >= 15 is 0 Å². The van der Waals surface area contributed by atoms with Gasteiger partial charge >= 0.3 is 5.97 Å². The zero-order valence-electron chi connectivity index (χ0n) is 12.7. The summed E-state index contributed by atoms with van der Waals surface area (Å²) in [6.45, 7) is 1.29. The summed E-state index contributed by atoms with van der Waals surface area (Å²) in [7, 11) is 0. The molecule has 24 heavy (non-hydrogen) atoms. The summed E-state index contributed by atoms with van der Waals surface area (Å²) in [4.78, 5) is 23.6. The number of amides is 1. The van der Waals surface area contributed by atoms with E-state index in [9.17, 15) is 14.0 Å². The number of halogens is 3. The summed E-state index contributed by atoms with van der Waals surface area (Å²) < 4.78 is 17.7. The highest BCUT2D eigenvalue weighted by Gasteiger charge is 2.15. The lowest BCUT2D eigenvalue weighted by atomic mass is 10.1. The van der Waals surface area contributed by atoms with Gasteiger partial charge in [-0.2, -0.15) is 0 Å². The van der Waals surface area contributed by atoms with E-state index in [0.717, 1.165) is 12.1 Å². The Bertz CT molecular complexity index is 750. The normalized spacial score (nSPS) is 11.7.